The van der Waals surface area contributed by atoms with Crippen LogP contribution in [0.1, 0.15) is 18.4 Å². The predicted molar refractivity (Wildman–Crippen MR) is 116 cm³/mol. The van der Waals surface area contributed by atoms with E-state index < -0.39 is 9.84 Å². The van der Waals surface area contributed by atoms with Gasteiger partial charge in [-0.2, -0.15) is 10.2 Å². The molecule has 1 N–H and O–H groups in total. The van der Waals surface area contributed by atoms with Gasteiger partial charge in [0.05, 0.1) is 11.0 Å². The SMILES string of the molecule is Cc1cnc(Nc2ccc(S(C)(=O)=O)cc2)nc1N1CC2(CCN(CCC#N)C2)C1. The lowest BCUT2D eigenvalue weighted by Crippen LogP contribution is -2.58. The van der Waals surface area contributed by atoms with Gasteiger partial charge in [-0.15, -0.1) is 0 Å². The highest BCUT2D eigenvalue weighted by atomic mass is 32.2. The second kappa shape index (κ2) is 7.85. The molecule has 3 heterocycles. The number of aryl methyl sites for hydroxylation is 1. The first-order valence-corrected chi connectivity index (χ1v) is 11.9. The van der Waals surface area contributed by atoms with Crippen LogP contribution in [0.4, 0.5) is 17.5 Å². The van der Waals surface area contributed by atoms with Gasteiger partial charge in [0, 0.05) is 61.7 Å². The van der Waals surface area contributed by atoms with Crippen molar-refractivity contribution in [3.63, 3.8) is 0 Å². The van der Waals surface area contributed by atoms with Gasteiger partial charge in [-0.1, -0.05) is 0 Å². The number of nitriles is 1. The Hall–Kier alpha value is -2.70. The molecular formula is C21H26N6O2S. The smallest absolute Gasteiger partial charge is 0.229 e. The van der Waals surface area contributed by atoms with E-state index in [4.69, 9.17) is 10.2 Å². The molecule has 8 nitrogen and oxygen atoms in total. The first kappa shape index (κ1) is 20.6. The van der Waals surface area contributed by atoms with Crippen LogP contribution < -0.4 is 10.2 Å². The molecule has 2 fully saturated rings. The lowest BCUT2D eigenvalue weighted by molar-refractivity contribution is 0.205. The Morgan fingerprint density at radius 3 is 2.63 bits per heavy atom. The van der Waals surface area contributed by atoms with Crippen LogP contribution in [0.2, 0.25) is 0 Å². The van der Waals surface area contributed by atoms with E-state index in [-0.39, 0.29) is 4.90 Å². The van der Waals surface area contributed by atoms with E-state index in [9.17, 15) is 8.42 Å². The van der Waals surface area contributed by atoms with Crippen molar-refractivity contribution in [3.05, 3.63) is 36.0 Å². The Bertz CT molecular complexity index is 1070. The van der Waals surface area contributed by atoms with Gasteiger partial charge >= 0.3 is 0 Å². The molecule has 0 atom stereocenters. The van der Waals surface area contributed by atoms with E-state index in [1.54, 1.807) is 24.3 Å². The largest absolute Gasteiger partial charge is 0.355 e. The molecule has 0 bridgehead atoms. The van der Waals surface area contributed by atoms with E-state index in [0.29, 0.717) is 17.8 Å². The van der Waals surface area contributed by atoms with Gasteiger partial charge < -0.3 is 15.1 Å². The molecule has 30 heavy (non-hydrogen) atoms. The molecule has 0 amide bonds. The summed E-state index contributed by atoms with van der Waals surface area (Å²) >= 11 is 0. The fraction of sp³-hybridized carbons (Fsp3) is 0.476. The summed E-state index contributed by atoms with van der Waals surface area (Å²) in [5, 5.41) is 12.0. The summed E-state index contributed by atoms with van der Waals surface area (Å²) in [4.78, 5) is 14.1. The molecule has 4 rings (SSSR count). The van der Waals surface area contributed by atoms with E-state index in [2.05, 4.69) is 26.2 Å². The third kappa shape index (κ3) is 4.25. The number of rotatable bonds is 6. The summed E-state index contributed by atoms with van der Waals surface area (Å²) in [6, 6.07) is 8.81. The molecule has 0 saturated carbocycles. The third-order valence-corrected chi connectivity index (χ3v) is 7.02. The normalized spacial score (nSPS) is 18.2. The van der Waals surface area contributed by atoms with Gasteiger partial charge in [0.2, 0.25) is 5.95 Å². The molecule has 1 aromatic carbocycles. The minimum atomic E-state index is -3.22. The molecule has 2 aromatic rings. The summed E-state index contributed by atoms with van der Waals surface area (Å²) in [7, 11) is -3.22. The van der Waals surface area contributed by atoms with Crippen LogP contribution in [-0.2, 0) is 9.84 Å². The molecule has 0 radical (unpaired) electrons. The zero-order valence-corrected chi connectivity index (χ0v) is 18.1. The van der Waals surface area contributed by atoms with Crippen molar-refractivity contribution in [1.82, 2.24) is 14.9 Å². The van der Waals surface area contributed by atoms with E-state index in [0.717, 1.165) is 56.2 Å². The van der Waals surface area contributed by atoms with Crippen molar-refractivity contribution < 1.29 is 8.42 Å². The Morgan fingerprint density at radius 1 is 1.23 bits per heavy atom. The summed E-state index contributed by atoms with van der Waals surface area (Å²) in [6.07, 6.45) is 4.76. The summed E-state index contributed by atoms with van der Waals surface area (Å²) in [6.45, 7) is 6.92. The second-order valence-electron chi connectivity index (χ2n) is 8.41. The molecule has 0 aliphatic carbocycles. The summed E-state index contributed by atoms with van der Waals surface area (Å²) in [5.74, 6) is 1.42. The van der Waals surface area contributed by atoms with Gasteiger partial charge in [-0.3, -0.25) is 0 Å². The zero-order chi connectivity index (χ0) is 21.4. The highest BCUT2D eigenvalue weighted by molar-refractivity contribution is 7.90. The van der Waals surface area contributed by atoms with Crippen molar-refractivity contribution in [2.24, 2.45) is 5.41 Å². The maximum Gasteiger partial charge on any atom is 0.229 e. The summed E-state index contributed by atoms with van der Waals surface area (Å²) < 4.78 is 23.2. The van der Waals surface area contributed by atoms with Crippen molar-refractivity contribution in [1.29, 1.82) is 5.26 Å². The maximum atomic E-state index is 11.6. The van der Waals surface area contributed by atoms with Crippen LogP contribution in [0.15, 0.2) is 35.4 Å². The molecule has 0 unspecified atom stereocenters. The van der Waals surface area contributed by atoms with E-state index in [1.807, 2.05) is 13.1 Å². The van der Waals surface area contributed by atoms with E-state index in [1.165, 1.54) is 6.26 Å². The fourth-order valence-electron chi connectivity index (χ4n) is 4.33. The van der Waals surface area contributed by atoms with Crippen LogP contribution >= 0.6 is 0 Å². The van der Waals surface area contributed by atoms with Crippen LogP contribution in [0.25, 0.3) is 0 Å². The standard InChI is InChI=1S/C21H26N6O2S/c1-16-12-23-20(24-17-4-6-18(7-5-17)30(2,28)29)25-19(16)27-14-21(15-27)8-11-26(13-21)10-3-9-22/h4-7,12H,3,8,10-11,13-15H2,1-2H3,(H,23,24,25). The van der Waals surface area contributed by atoms with Crippen molar-refractivity contribution in [2.45, 2.75) is 24.7 Å². The molecule has 2 aliphatic heterocycles. The number of hydrogen-bond acceptors (Lipinski definition) is 8. The Kier molecular flexibility index (Phi) is 5.38. The molecule has 1 aromatic heterocycles. The molecule has 158 valence electrons. The number of nitrogens with one attached hydrogen (secondary N) is 1. The van der Waals surface area contributed by atoms with Gasteiger partial charge in [-0.25, -0.2) is 13.4 Å². The average Bonchev–Trinajstić information content (AvgIpc) is 3.11. The average molecular weight is 427 g/mol. The Morgan fingerprint density at radius 2 is 1.97 bits per heavy atom. The number of benzene rings is 1. The Balaban J connectivity index is 1.42. The molecule has 2 saturated heterocycles. The monoisotopic (exact) mass is 426 g/mol. The quantitative estimate of drug-likeness (QED) is 0.751. The van der Waals surface area contributed by atoms with Crippen LogP contribution in [-0.4, -0.2) is 62.3 Å². The number of nitrogens with zero attached hydrogens (tertiary/aromatic N) is 5. The number of hydrogen-bond donors (Lipinski definition) is 1. The van der Waals surface area contributed by atoms with Crippen LogP contribution in [0, 0.1) is 23.7 Å². The minimum Gasteiger partial charge on any atom is -0.355 e. The van der Waals surface area contributed by atoms with Gasteiger partial charge in [0.25, 0.3) is 0 Å². The maximum absolute atomic E-state index is 11.6. The number of aromatic nitrogens is 2. The minimum absolute atomic E-state index is 0.282. The van der Waals surface area contributed by atoms with Crippen LogP contribution in [0.5, 0.6) is 0 Å². The Labute approximate surface area is 177 Å². The molecular weight excluding hydrogens is 400 g/mol. The lowest BCUT2D eigenvalue weighted by atomic mass is 9.79. The molecule has 1 spiro atoms. The van der Waals surface area contributed by atoms with Gasteiger partial charge in [0.1, 0.15) is 5.82 Å². The molecule has 2 aliphatic rings. The number of sulfone groups is 1. The number of anilines is 3. The van der Waals surface area contributed by atoms with Crippen LogP contribution in [0.3, 0.4) is 0 Å². The first-order chi connectivity index (χ1) is 14.3. The van der Waals surface area contributed by atoms with Crippen molar-refractivity contribution in [3.8, 4) is 6.07 Å². The van der Waals surface area contributed by atoms with Gasteiger partial charge in [0.15, 0.2) is 9.84 Å². The first-order valence-electron chi connectivity index (χ1n) is 10.0. The highest BCUT2D eigenvalue weighted by Crippen LogP contribution is 2.42. The van der Waals surface area contributed by atoms with Crippen molar-refractivity contribution in [2.75, 3.05) is 49.2 Å². The number of likely N-dealkylation sites (tertiary alicyclic amines) is 1. The second-order valence-corrected chi connectivity index (χ2v) is 10.4. The lowest BCUT2D eigenvalue weighted by Gasteiger charge is -2.49. The topological polar surface area (TPSA) is 102 Å². The fourth-order valence-corrected chi connectivity index (χ4v) is 4.96. The third-order valence-electron chi connectivity index (χ3n) is 5.89. The zero-order valence-electron chi connectivity index (χ0n) is 17.3. The summed E-state index contributed by atoms with van der Waals surface area (Å²) in [5.41, 5.74) is 2.07. The van der Waals surface area contributed by atoms with Gasteiger partial charge in [-0.05, 0) is 44.2 Å². The molecule has 9 heteroatoms. The van der Waals surface area contributed by atoms with Crippen molar-refractivity contribution >= 4 is 27.3 Å². The predicted octanol–water partition coefficient (Wildman–Crippen LogP) is 2.36. The van der Waals surface area contributed by atoms with E-state index >= 15 is 0 Å². The highest BCUT2D eigenvalue weighted by Gasteiger charge is 2.48.